The van der Waals surface area contributed by atoms with Crippen LogP contribution in [0.1, 0.15) is 35.1 Å². The summed E-state index contributed by atoms with van der Waals surface area (Å²) >= 11 is 0. The standard InChI is InChI=1S/C29H22FN3O3/c1-31-25-16-21(36-2)11-12-22(25)28(19-8-9-19)27(18-6-3-17(4-7-18)5-14-26(34)35)20-10-13-24-23(15-20)29(30)33-32-24/h3-7,10-16,19H,8-9H2,2H3,(H,32,33)(H,34,35)/b14-5+,28-27+. The van der Waals surface area contributed by atoms with Crippen LogP contribution in [-0.2, 0) is 4.79 Å². The van der Waals surface area contributed by atoms with Crippen LogP contribution in [0, 0.1) is 18.4 Å². The van der Waals surface area contributed by atoms with Crippen LogP contribution < -0.4 is 4.74 Å². The van der Waals surface area contributed by atoms with Crippen molar-refractivity contribution >= 4 is 39.8 Å². The first kappa shape index (κ1) is 23.1. The van der Waals surface area contributed by atoms with Crippen LogP contribution in [0.15, 0.2) is 66.7 Å². The molecule has 1 heterocycles. The number of carbonyl (C=O) groups is 1. The molecule has 4 aromatic rings. The van der Waals surface area contributed by atoms with Crippen molar-refractivity contribution in [1.29, 1.82) is 0 Å². The van der Waals surface area contributed by atoms with E-state index >= 15 is 0 Å². The summed E-state index contributed by atoms with van der Waals surface area (Å²) in [5.41, 5.74) is 6.23. The van der Waals surface area contributed by atoms with Gasteiger partial charge in [-0.1, -0.05) is 36.4 Å². The van der Waals surface area contributed by atoms with Crippen molar-refractivity contribution in [2.45, 2.75) is 12.8 Å². The lowest BCUT2D eigenvalue weighted by molar-refractivity contribution is -0.131. The van der Waals surface area contributed by atoms with E-state index in [1.165, 1.54) is 6.08 Å². The second-order valence-corrected chi connectivity index (χ2v) is 8.62. The fraction of sp³-hybridized carbons (Fsp3) is 0.138. The van der Waals surface area contributed by atoms with E-state index in [0.717, 1.165) is 52.3 Å². The van der Waals surface area contributed by atoms with Crippen molar-refractivity contribution < 1.29 is 19.0 Å². The summed E-state index contributed by atoms with van der Waals surface area (Å²) < 4.78 is 19.8. The Morgan fingerprint density at radius 1 is 1.14 bits per heavy atom. The zero-order chi connectivity index (χ0) is 25.2. The number of aliphatic carboxylic acids is 1. The molecular formula is C29H22FN3O3. The number of hydrogen-bond donors (Lipinski definition) is 2. The number of ether oxygens (including phenoxy) is 1. The lowest BCUT2D eigenvalue weighted by Crippen LogP contribution is -1.98. The number of carboxylic acids is 1. The minimum Gasteiger partial charge on any atom is -0.498 e. The van der Waals surface area contributed by atoms with Gasteiger partial charge >= 0.3 is 5.97 Å². The van der Waals surface area contributed by atoms with E-state index in [0.29, 0.717) is 22.3 Å². The summed E-state index contributed by atoms with van der Waals surface area (Å²) in [5, 5.41) is 15.7. The molecule has 0 spiro atoms. The molecule has 1 aliphatic rings. The highest BCUT2D eigenvalue weighted by molar-refractivity contribution is 6.03. The summed E-state index contributed by atoms with van der Waals surface area (Å²) in [6.07, 6.45) is 4.61. The second-order valence-electron chi connectivity index (χ2n) is 8.62. The van der Waals surface area contributed by atoms with Gasteiger partial charge < -0.3 is 9.84 Å². The molecule has 7 heteroatoms. The summed E-state index contributed by atoms with van der Waals surface area (Å²) in [4.78, 5) is 14.7. The van der Waals surface area contributed by atoms with Gasteiger partial charge in [-0.05, 0) is 82.5 Å². The van der Waals surface area contributed by atoms with Crippen molar-refractivity contribution in [2.24, 2.45) is 5.92 Å². The molecule has 6 nitrogen and oxygen atoms in total. The molecule has 178 valence electrons. The number of nitrogens with zero attached hydrogens (tertiary/aromatic N) is 2. The smallest absolute Gasteiger partial charge is 0.328 e. The van der Waals surface area contributed by atoms with E-state index in [1.807, 2.05) is 42.5 Å². The minimum absolute atomic E-state index is 0.255. The van der Waals surface area contributed by atoms with E-state index in [-0.39, 0.29) is 5.92 Å². The SMILES string of the molecule is [C-]#[N+]c1cc(OC)ccc1/C(=C(\c1ccc(/C=C/C(=O)O)cc1)c1ccc2n[nH]c(F)c2c1)C1CC1. The number of methoxy groups -OCH3 is 1. The molecule has 36 heavy (non-hydrogen) atoms. The number of aromatic nitrogens is 2. The van der Waals surface area contributed by atoms with Gasteiger partial charge in [0.15, 0.2) is 5.69 Å². The van der Waals surface area contributed by atoms with E-state index in [1.54, 1.807) is 25.3 Å². The van der Waals surface area contributed by atoms with Crippen LogP contribution in [0.4, 0.5) is 10.1 Å². The quantitative estimate of drug-likeness (QED) is 0.175. The average molecular weight is 480 g/mol. The van der Waals surface area contributed by atoms with Gasteiger partial charge in [0.25, 0.3) is 0 Å². The molecule has 5 rings (SSSR count). The average Bonchev–Trinajstić information content (AvgIpc) is 3.68. The molecule has 0 amide bonds. The topological polar surface area (TPSA) is 79.6 Å². The molecule has 0 saturated heterocycles. The first-order valence-electron chi connectivity index (χ1n) is 11.4. The monoisotopic (exact) mass is 479 g/mol. The third-order valence-corrected chi connectivity index (χ3v) is 6.28. The Kier molecular flexibility index (Phi) is 6.09. The van der Waals surface area contributed by atoms with E-state index in [9.17, 15) is 9.18 Å². The number of H-pyrrole nitrogens is 1. The maximum Gasteiger partial charge on any atom is 0.328 e. The van der Waals surface area contributed by atoms with E-state index in [4.69, 9.17) is 16.4 Å². The first-order chi connectivity index (χ1) is 17.5. The fourth-order valence-corrected chi connectivity index (χ4v) is 4.43. The zero-order valence-electron chi connectivity index (χ0n) is 19.5. The first-order valence-corrected chi connectivity index (χ1v) is 11.4. The van der Waals surface area contributed by atoms with Gasteiger partial charge in [0.1, 0.15) is 5.75 Å². The molecule has 0 bridgehead atoms. The highest BCUT2D eigenvalue weighted by Crippen LogP contribution is 2.50. The van der Waals surface area contributed by atoms with Gasteiger partial charge in [0, 0.05) is 6.08 Å². The lowest BCUT2D eigenvalue weighted by Gasteiger charge is -2.19. The Hall–Kier alpha value is -4.70. The molecular weight excluding hydrogens is 457 g/mol. The van der Waals surface area contributed by atoms with Gasteiger partial charge in [-0.15, -0.1) is 0 Å². The Balaban J connectivity index is 1.77. The molecule has 0 radical (unpaired) electrons. The molecule has 1 fully saturated rings. The van der Waals surface area contributed by atoms with Crippen LogP contribution in [0.3, 0.4) is 0 Å². The minimum atomic E-state index is -1.02. The fourth-order valence-electron chi connectivity index (χ4n) is 4.43. The zero-order valence-corrected chi connectivity index (χ0v) is 19.5. The van der Waals surface area contributed by atoms with Crippen LogP contribution in [0.25, 0.3) is 33.0 Å². The summed E-state index contributed by atoms with van der Waals surface area (Å²) in [6, 6.07) is 18.5. The van der Waals surface area contributed by atoms with Crippen LogP contribution in [0.5, 0.6) is 5.75 Å². The van der Waals surface area contributed by atoms with Gasteiger partial charge in [-0.2, -0.15) is 9.49 Å². The van der Waals surface area contributed by atoms with Crippen molar-refractivity contribution in [3.63, 3.8) is 0 Å². The number of nitrogens with one attached hydrogen (secondary N) is 1. The van der Waals surface area contributed by atoms with Crippen molar-refractivity contribution in [3.05, 3.63) is 106 Å². The number of halogens is 1. The van der Waals surface area contributed by atoms with Gasteiger partial charge in [-0.3, -0.25) is 5.10 Å². The molecule has 1 saturated carbocycles. The molecule has 0 unspecified atom stereocenters. The van der Waals surface area contributed by atoms with Gasteiger partial charge in [0.05, 0.1) is 24.6 Å². The Bertz CT molecular complexity index is 1570. The van der Waals surface area contributed by atoms with Gasteiger partial charge in [-0.25, -0.2) is 9.64 Å². The number of allylic oxidation sites excluding steroid dienone is 1. The van der Waals surface area contributed by atoms with Crippen molar-refractivity contribution in [3.8, 4) is 5.75 Å². The Morgan fingerprint density at radius 3 is 2.56 bits per heavy atom. The van der Waals surface area contributed by atoms with Crippen LogP contribution >= 0.6 is 0 Å². The van der Waals surface area contributed by atoms with Crippen molar-refractivity contribution in [2.75, 3.05) is 7.11 Å². The van der Waals surface area contributed by atoms with Crippen molar-refractivity contribution in [1.82, 2.24) is 10.2 Å². The predicted octanol–water partition coefficient (Wildman–Crippen LogP) is 6.73. The van der Waals surface area contributed by atoms with Crippen LogP contribution in [-0.4, -0.2) is 28.4 Å². The predicted molar refractivity (Wildman–Crippen MR) is 137 cm³/mol. The van der Waals surface area contributed by atoms with E-state index < -0.39 is 11.9 Å². The summed E-state index contributed by atoms with van der Waals surface area (Å²) in [6.45, 7) is 7.81. The highest BCUT2D eigenvalue weighted by Gasteiger charge is 2.32. The molecule has 3 aromatic carbocycles. The number of rotatable bonds is 7. The molecule has 0 aliphatic heterocycles. The number of benzene rings is 3. The molecule has 2 N–H and O–H groups in total. The third kappa shape index (κ3) is 4.49. The Labute approximate surface area is 207 Å². The number of aromatic amines is 1. The lowest BCUT2D eigenvalue weighted by atomic mass is 9.85. The maximum atomic E-state index is 14.4. The molecule has 1 aromatic heterocycles. The normalized spacial score (nSPS) is 14.0. The van der Waals surface area contributed by atoms with E-state index in [2.05, 4.69) is 15.0 Å². The summed E-state index contributed by atoms with van der Waals surface area (Å²) in [7, 11) is 1.57. The maximum absolute atomic E-state index is 14.4. The molecule has 1 aliphatic carbocycles. The van der Waals surface area contributed by atoms with Crippen LogP contribution in [0.2, 0.25) is 0 Å². The number of fused-ring (bicyclic) bond motifs is 1. The number of carboxylic acid groups (broad SMARTS) is 1. The largest absolute Gasteiger partial charge is 0.498 e. The molecule has 0 atom stereocenters. The Morgan fingerprint density at radius 2 is 1.89 bits per heavy atom. The van der Waals surface area contributed by atoms with Gasteiger partial charge in [0.2, 0.25) is 5.95 Å². The second kappa shape index (κ2) is 9.51. The highest BCUT2D eigenvalue weighted by atomic mass is 19.1. The number of hydrogen-bond acceptors (Lipinski definition) is 3. The summed E-state index contributed by atoms with van der Waals surface area (Å²) in [5.74, 6) is -0.653. The third-order valence-electron chi connectivity index (χ3n) is 6.28.